The Hall–Kier alpha value is -1.72. The normalized spacial score (nSPS) is 24.2. The SMILES string of the molecule is C#CC#C[C@@]1(C(F)(F)F)C[C@H]1C(=O)c1ccc(Br)cc1. The van der Waals surface area contributed by atoms with Gasteiger partial charge in [-0.2, -0.15) is 13.2 Å². The number of halogens is 4. The Balaban J connectivity index is 2.30. The van der Waals surface area contributed by atoms with E-state index in [2.05, 4.69) is 15.9 Å². The molecule has 0 unspecified atom stereocenters. The minimum Gasteiger partial charge on any atom is -0.294 e. The number of rotatable bonds is 2. The van der Waals surface area contributed by atoms with Crippen LogP contribution in [0.15, 0.2) is 28.7 Å². The van der Waals surface area contributed by atoms with Gasteiger partial charge in [-0.3, -0.25) is 4.79 Å². The van der Waals surface area contributed by atoms with Crippen LogP contribution < -0.4 is 0 Å². The predicted octanol–water partition coefficient (Wildman–Crippen LogP) is 3.84. The number of alkyl halides is 3. The van der Waals surface area contributed by atoms with Gasteiger partial charge in [0.2, 0.25) is 0 Å². The van der Waals surface area contributed by atoms with Crippen LogP contribution in [0, 0.1) is 35.5 Å². The molecule has 0 heterocycles. The van der Waals surface area contributed by atoms with Crippen molar-refractivity contribution in [2.24, 2.45) is 11.3 Å². The van der Waals surface area contributed by atoms with Crippen molar-refractivity contribution in [2.45, 2.75) is 12.6 Å². The smallest absolute Gasteiger partial charge is 0.294 e. The zero-order valence-electron chi connectivity index (χ0n) is 10.1. The van der Waals surface area contributed by atoms with E-state index < -0.39 is 23.3 Å². The molecule has 1 nitrogen and oxygen atoms in total. The molecule has 2 rings (SSSR count). The molecule has 1 fully saturated rings. The molecule has 1 aliphatic carbocycles. The molecule has 0 aromatic heterocycles. The van der Waals surface area contributed by atoms with E-state index in [1.54, 1.807) is 12.1 Å². The number of hydrogen-bond donors (Lipinski definition) is 0. The molecular weight excluding hydrogens is 333 g/mol. The summed E-state index contributed by atoms with van der Waals surface area (Å²) in [4.78, 5) is 12.1. The van der Waals surface area contributed by atoms with Crippen LogP contribution >= 0.6 is 15.9 Å². The zero-order chi connectivity index (χ0) is 15.0. The van der Waals surface area contributed by atoms with E-state index in [1.165, 1.54) is 12.1 Å². The van der Waals surface area contributed by atoms with E-state index >= 15 is 0 Å². The maximum atomic E-state index is 13.1. The van der Waals surface area contributed by atoms with Gasteiger partial charge in [-0.05, 0) is 30.4 Å². The van der Waals surface area contributed by atoms with Gasteiger partial charge in [0.25, 0.3) is 0 Å². The first kappa shape index (κ1) is 14.7. The van der Waals surface area contributed by atoms with Gasteiger partial charge in [0.15, 0.2) is 5.78 Å². The molecule has 0 aliphatic heterocycles. The Kier molecular flexibility index (Phi) is 3.67. The monoisotopic (exact) mass is 340 g/mol. The number of benzene rings is 1. The average Bonchev–Trinajstić information content (AvgIpc) is 3.12. The summed E-state index contributed by atoms with van der Waals surface area (Å²) in [5.74, 6) is 4.16. The third-order valence-electron chi connectivity index (χ3n) is 3.27. The molecule has 2 atom stereocenters. The van der Waals surface area contributed by atoms with Gasteiger partial charge in [-0.1, -0.05) is 34.0 Å². The summed E-state index contributed by atoms with van der Waals surface area (Å²) in [5, 5.41) is 0. The highest BCUT2D eigenvalue weighted by atomic mass is 79.9. The number of ketones is 1. The van der Waals surface area contributed by atoms with E-state index in [0.717, 1.165) is 4.47 Å². The van der Waals surface area contributed by atoms with Gasteiger partial charge in [-0.25, -0.2) is 0 Å². The third kappa shape index (κ3) is 2.46. The van der Waals surface area contributed by atoms with Crippen LogP contribution in [-0.4, -0.2) is 12.0 Å². The summed E-state index contributed by atoms with van der Waals surface area (Å²) in [5.41, 5.74) is -2.05. The van der Waals surface area contributed by atoms with Crippen LogP contribution in [0.3, 0.4) is 0 Å². The Labute approximate surface area is 122 Å². The quantitative estimate of drug-likeness (QED) is 0.590. The minimum absolute atomic E-state index is 0.242. The molecule has 102 valence electrons. The Morgan fingerprint density at radius 3 is 2.45 bits per heavy atom. The van der Waals surface area contributed by atoms with Crippen LogP contribution in [-0.2, 0) is 0 Å². The van der Waals surface area contributed by atoms with Crippen molar-refractivity contribution in [3.05, 3.63) is 34.3 Å². The van der Waals surface area contributed by atoms with Crippen molar-refractivity contribution in [3.8, 4) is 24.2 Å². The first-order chi connectivity index (χ1) is 9.32. The van der Waals surface area contributed by atoms with Crippen molar-refractivity contribution in [3.63, 3.8) is 0 Å². The molecule has 0 bridgehead atoms. The fourth-order valence-electron chi connectivity index (χ4n) is 2.06. The maximum absolute atomic E-state index is 13.1. The van der Waals surface area contributed by atoms with Crippen LogP contribution in [0.2, 0.25) is 0 Å². The second kappa shape index (κ2) is 5.00. The lowest BCUT2D eigenvalue weighted by atomic mass is 9.98. The highest BCUT2D eigenvalue weighted by molar-refractivity contribution is 9.10. The van der Waals surface area contributed by atoms with Crippen molar-refractivity contribution in [1.29, 1.82) is 0 Å². The number of carbonyl (C=O) groups excluding carboxylic acids is 1. The summed E-state index contributed by atoms with van der Waals surface area (Å²) >= 11 is 3.20. The molecule has 0 amide bonds. The lowest BCUT2D eigenvalue weighted by Gasteiger charge is -2.14. The summed E-state index contributed by atoms with van der Waals surface area (Å²) < 4.78 is 40.0. The van der Waals surface area contributed by atoms with E-state index in [-0.39, 0.29) is 12.0 Å². The minimum atomic E-state index is -4.56. The van der Waals surface area contributed by atoms with Gasteiger partial charge in [-0.15, -0.1) is 6.42 Å². The summed E-state index contributed by atoms with van der Waals surface area (Å²) in [7, 11) is 0. The largest absolute Gasteiger partial charge is 0.405 e. The number of hydrogen-bond acceptors (Lipinski definition) is 1. The van der Waals surface area contributed by atoms with Crippen molar-refractivity contribution < 1.29 is 18.0 Å². The number of Topliss-reactive ketones (excluding diaryl/α,β-unsaturated/α-hetero) is 1. The van der Waals surface area contributed by atoms with Crippen LogP contribution in [0.5, 0.6) is 0 Å². The van der Waals surface area contributed by atoms with Crippen LogP contribution in [0.25, 0.3) is 0 Å². The second-order valence-corrected chi connectivity index (χ2v) is 5.41. The van der Waals surface area contributed by atoms with E-state index in [4.69, 9.17) is 6.42 Å². The molecular formula is C15H8BrF3O. The lowest BCUT2D eigenvalue weighted by molar-refractivity contribution is -0.171. The molecule has 0 radical (unpaired) electrons. The van der Waals surface area contributed by atoms with E-state index in [1.807, 2.05) is 17.8 Å². The number of carbonyl (C=O) groups is 1. The fourth-order valence-corrected chi connectivity index (χ4v) is 2.33. The Morgan fingerprint density at radius 2 is 1.95 bits per heavy atom. The summed E-state index contributed by atoms with van der Waals surface area (Å²) in [6.07, 6.45) is -0.0212. The molecule has 5 heteroatoms. The van der Waals surface area contributed by atoms with E-state index in [0.29, 0.717) is 0 Å². The Bertz CT molecular complexity index is 643. The van der Waals surface area contributed by atoms with Crippen LogP contribution in [0.1, 0.15) is 16.8 Å². The van der Waals surface area contributed by atoms with Crippen molar-refractivity contribution in [2.75, 3.05) is 0 Å². The molecule has 1 aliphatic rings. The maximum Gasteiger partial charge on any atom is 0.405 e. The first-order valence-electron chi connectivity index (χ1n) is 5.66. The first-order valence-corrected chi connectivity index (χ1v) is 6.45. The molecule has 1 saturated carbocycles. The highest BCUT2D eigenvalue weighted by Crippen LogP contribution is 2.63. The fraction of sp³-hybridized carbons (Fsp3) is 0.267. The summed E-state index contributed by atoms with van der Waals surface area (Å²) in [6, 6.07) is 6.19. The molecule has 0 N–H and O–H groups in total. The van der Waals surface area contributed by atoms with Gasteiger partial charge < -0.3 is 0 Å². The standard InChI is InChI=1S/C15H8BrF3O/c1-2-3-8-14(15(17,18)19)9-12(14)13(20)10-4-6-11(16)7-5-10/h1,4-7,12H,9H2/t12-,14+/m0/s1. The zero-order valence-corrected chi connectivity index (χ0v) is 11.7. The lowest BCUT2D eigenvalue weighted by Crippen LogP contribution is -2.27. The summed E-state index contributed by atoms with van der Waals surface area (Å²) in [6.45, 7) is 0. The van der Waals surface area contributed by atoms with E-state index in [9.17, 15) is 18.0 Å². The van der Waals surface area contributed by atoms with Gasteiger partial charge in [0.05, 0.1) is 0 Å². The van der Waals surface area contributed by atoms with Gasteiger partial charge >= 0.3 is 6.18 Å². The third-order valence-corrected chi connectivity index (χ3v) is 3.80. The molecule has 1 aromatic rings. The number of terminal acetylenes is 1. The molecule has 0 saturated heterocycles. The second-order valence-electron chi connectivity index (χ2n) is 4.49. The molecule has 20 heavy (non-hydrogen) atoms. The highest BCUT2D eigenvalue weighted by Gasteiger charge is 2.72. The molecule has 0 spiro atoms. The average molecular weight is 341 g/mol. The molecule has 1 aromatic carbocycles. The van der Waals surface area contributed by atoms with Crippen molar-refractivity contribution >= 4 is 21.7 Å². The van der Waals surface area contributed by atoms with Gasteiger partial charge in [0, 0.05) is 16.0 Å². The van der Waals surface area contributed by atoms with Crippen LogP contribution in [0.4, 0.5) is 13.2 Å². The topological polar surface area (TPSA) is 17.1 Å². The predicted molar refractivity (Wildman–Crippen MR) is 71.7 cm³/mol. The Morgan fingerprint density at radius 1 is 1.35 bits per heavy atom. The van der Waals surface area contributed by atoms with Gasteiger partial charge in [0.1, 0.15) is 5.41 Å². The van der Waals surface area contributed by atoms with Crippen molar-refractivity contribution in [1.82, 2.24) is 0 Å².